The first kappa shape index (κ1) is 14.1. The van der Waals surface area contributed by atoms with Crippen molar-refractivity contribution in [3.63, 3.8) is 0 Å². The summed E-state index contributed by atoms with van der Waals surface area (Å²) in [4.78, 5) is 2.64. The van der Waals surface area contributed by atoms with Gasteiger partial charge in [0, 0.05) is 18.6 Å². The van der Waals surface area contributed by atoms with E-state index < -0.39 is 0 Å². The zero-order valence-corrected chi connectivity index (χ0v) is 12.7. The van der Waals surface area contributed by atoms with Crippen LogP contribution in [0, 0.1) is 0 Å². The smallest absolute Gasteiger partial charge is 0.0195 e. The first-order valence-electron chi connectivity index (χ1n) is 8.33. The van der Waals surface area contributed by atoms with E-state index in [4.69, 9.17) is 0 Å². The fraction of sp³-hybridized carbons (Fsp3) is 0.667. The van der Waals surface area contributed by atoms with E-state index in [1.807, 2.05) is 0 Å². The monoisotopic (exact) mass is 272 g/mol. The van der Waals surface area contributed by atoms with Crippen molar-refractivity contribution in [2.24, 2.45) is 0 Å². The van der Waals surface area contributed by atoms with Gasteiger partial charge in [-0.05, 0) is 50.8 Å². The Morgan fingerprint density at radius 1 is 1.05 bits per heavy atom. The lowest BCUT2D eigenvalue weighted by Crippen LogP contribution is -2.44. The number of hydrogen-bond acceptors (Lipinski definition) is 2. The highest BCUT2D eigenvalue weighted by atomic mass is 15.2. The van der Waals surface area contributed by atoms with Crippen molar-refractivity contribution in [2.45, 2.75) is 56.5 Å². The van der Waals surface area contributed by atoms with Gasteiger partial charge in [-0.2, -0.15) is 0 Å². The molecule has 2 nitrogen and oxygen atoms in total. The predicted octanol–water partition coefficient (Wildman–Crippen LogP) is 3.40. The van der Waals surface area contributed by atoms with Crippen molar-refractivity contribution in [1.29, 1.82) is 0 Å². The Hall–Kier alpha value is -0.860. The lowest BCUT2D eigenvalue weighted by atomic mass is 9.79. The van der Waals surface area contributed by atoms with E-state index in [2.05, 4.69) is 47.6 Å². The van der Waals surface area contributed by atoms with Gasteiger partial charge < -0.3 is 10.2 Å². The van der Waals surface area contributed by atoms with Crippen LogP contribution in [-0.4, -0.2) is 37.1 Å². The van der Waals surface area contributed by atoms with Gasteiger partial charge >= 0.3 is 0 Å². The molecule has 0 radical (unpaired) electrons. The van der Waals surface area contributed by atoms with Gasteiger partial charge in [0.25, 0.3) is 0 Å². The number of benzene rings is 1. The molecule has 1 saturated heterocycles. The molecule has 0 amide bonds. The van der Waals surface area contributed by atoms with Crippen LogP contribution in [0.1, 0.15) is 50.0 Å². The third-order valence-electron chi connectivity index (χ3n) is 5.19. The van der Waals surface area contributed by atoms with Gasteiger partial charge in [0.1, 0.15) is 0 Å². The zero-order valence-electron chi connectivity index (χ0n) is 12.7. The van der Waals surface area contributed by atoms with Crippen LogP contribution >= 0.6 is 0 Å². The van der Waals surface area contributed by atoms with Crippen molar-refractivity contribution in [1.82, 2.24) is 10.2 Å². The molecule has 1 N–H and O–H groups in total. The summed E-state index contributed by atoms with van der Waals surface area (Å²) in [5, 5.41) is 3.64. The highest BCUT2D eigenvalue weighted by Crippen LogP contribution is 2.35. The molecule has 2 fully saturated rings. The van der Waals surface area contributed by atoms with Crippen LogP contribution < -0.4 is 5.32 Å². The zero-order chi connectivity index (χ0) is 13.8. The summed E-state index contributed by atoms with van der Waals surface area (Å²) in [6.07, 6.45) is 8.22. The Bertz CT molecular complexity index is 397. The average Bonchev–Trinajstić information content (AvgIpc) is 3.01. The fourth-order valence-electron chi connectivity index (χ4n) is 4.12. The molecular weight excluding hydrogens is 244 g/mol. The minimum absolute atomic E-state index is 0.721. The predicted molar refractivity (Wildman–Crippen MR) is 85.1 cm³/mol. The highest BCUT2D eigenvalue weighted by molar-refractivity contribution is 5.22. The standard InChI is InChI=1S/C18H28N2/c1-20(14-16-10-7-13-19-16)18-12-6-5-11-17(18)15-8-3-2-4-9-15/h2-4,8-9,16-19H,5-7,10-14H2,1H3. The van der Waals surface area contributed by atoms with Crippen molar-refractivity contribution in [3.05, 3.63) is 35.9 Å². The number of likely N-dealkylation sites (N-methyl/N-ethyl adjacent to an activating group) is 1. The van der Waals surface area contributed by atoms with Crippen LogP contribution in [0.4, 0.5) is 0 Å². The number of hydrogen-bond donors (Lipinski definition) is 1. The molecule has 2 heteroatoms. The van der Waals surface area contributed by atoms with Crippen LogP contribution in [-0.2, 0) is 0 Å². The van der Waals surface area contributed by atoms with E-state index in [1.165, 1.54) is 51.6 Å². The van der Waals surface area contributed by atoms with Crippen molar-refractivity contribution in [2.75, 3.05) is 20.1 Å². The molecule has 1 aliphatic heterocycles. The molecule has 20 heavy (non-hydrogen) atoms. The van der Waals surface area contributed by atoms with Crippen molar-refractivity contribution < 1.29 is 0 Å². The summed E-state index contributed by atoms with van der Waals surface area (Å²) in [5.74, 6) is 0.733. The summed E-state index contributed by atoms with van der Waals surface area (Å²) in [6.45, 7) is 2.43. The van der Waals surface area contributed by atoms with Crippen LogP contribution in [0.3, 0.4) is 0 Å². The molecule has 1 aromatic carbocycles. The van der Waals surface area contributed by atoms with E-state index in [9.17, 15) is 0 Å². The maximum Gasteiger partial charge on any atom is 0.0195 e. The summed E-state index contributed by atoms with van der Waals surface area (Å²) < 4.78 is 0. The molecule has 0 spiro atoms. The quantitative estimate of drug-likeness (QED) is 0.904. The molecule has 3 unspecified atom stereocenters. The molecule has 0 bridgehead atoms. The summed E-state index contributed by atoms with van der Waals surface area (Å²) in [5.41, 5.74) is 1.54. The maximum atomic E-state index is 3.64. The molecule has 2 aliphatic rings. The van der Waals surface area contributed by atoms with Crippen LogP contribution in [0.5, 0.6) is 0 Å². The van der Waals surface area contributed by atoms with Gasteiger partial charge in [-0.25, -0.2) is 0 Å². The number of nitrogens with one attached hydrogen (secondary N) is 1. The summed E-state index contributed by atoms with van der Waals surface area (Å²) in [7, 11) is 2.34. The number of nitrogens with zero attached hydrogens (tertiary/aromatic N) is 1. The third kappa shape index (κ3) is 3.24. The Kier molecular flexibility index (Phi) is 4.74. The SMILES string of the molecule is CN(CC1CCCN1)C1CCCCC1c1ccccc1. The van der Waals surface area contributed by atoms with Crippen molar-refractivity contribution >= 4 is 0 Å². The Labute approximate surface area is 123 Å². The van der Waals surface area contributed by atoms with Crippen LogP contribution in [0.2, 0.25) is 0 Å². The normalized spacial score (nSPS) is 30.8. The molecule has 1 aromatic rings. The van der Waals surface area contributed by atoms with Crippen molar-refractivity contribution in [3.8, 4) is 0 Å². The Morgan fingerprint density at radius 3 is 2.60 bits per heavy atom. The number of rotatable bonds is 4. The second kappa shape index (κ2) is 6.73. The van der Waals surface area contributed by atoms with E-state index in [1.54, 1.807) is 5.56 Å². The topological polar surface area (TPSA) is 15.3 Å². The summed E-state index contributed by atoms with van der Waals surface area (Å²) in [6, 6.07) is 12.6. The molecule has 1 saturated carbocycles. The largest absolute Gasteiger partial charge is 0.313 e. The minimum atomic E-state index is 0.721. The average molecular weight is 272 g/mol. The van der Waals surface area contributed by atoms with E-state index in [0.717, 1.165) is 18.0 Å². The van der Waals surface area contributed by atoms with Crippen LogP contribution in [0.15, 0.2) is 30.3 Å². The van der Waals surface area contributed by atoms with E-state index in [0.29, 0.717) is 0 Å². The van der Waals surface area contributed by atoms with Gasteiger partial charge in [-0.3, -0.25) is 0 Å². The molecule has 3 rings (SSSR count). The molecule has 0 aromatic heterocycles. The molecule has 3 atom stereocenters. The fourth-order valence-corrected chi connectivity index (χ4v) is 4.12. The summed E-state index contributed by atoms with van der Waals surface area (Å²) >= 11 is 0. The van der Waals surface area contributed by atoms with E-state index >= 15 is 0 Å². The molecular formula is C18H28N2. The van der Waals surface area contributed by atoms with E-state index in [-0.39, 0.29) is 0 Å². The molecule has 1 heterocycles. The van der Waals surface area contributed by atoms with Gasteiger partial charge in [0.15, 0.2) is 0 Å². The van der Waals surface area contributed by atoms with Gasteiger partial charge in [-0.1, -0.05) is 43.2 Å². The second-order valence-electron chi connectivity index (χ2n) is 6.60. The lowest BCUT2D eigenvalue weighted by molar-refractivity contribution is 0.156. The minimum Gasteiger partial charge on any atom is -0.313 e. The lowest BCUT2D eigenvalue weighted by Gasteiger charge is -2.39. The highest BCUT2D eigenvalue weighted by Gasteiger charge is 2.30. The third-order valence-corrected chi connectivity index (χ3v) is 5.19. The Morgan fingerprint density at radius 2 is 1.85 bits per heavy atom. The first-order chi connectivity index (χ1) is 9.84. The molecule has 110 valence electrons. The van der Waals surface area contributed by atoms with Crippen LogP contribution in [0.25, 0.3) is 0 Å². The van der Waals surface area contributed by atoms with Gasteiger partial charge in [0.05, 0.1) is 0 Å². The molecule has 1 aliphatic carbocycles. The second-order valence-corrected chi connectivity index (χ2v) is 6.60. The van der Waals surface area contributed by atoms with Gasteiger partial charge in [0.2, 0.25) is 0 Å². The Balaban J connectivity index is 1.68. The van der Waals surface area contributed by atoms with Gasteiger partial charge in [-0.15, -0.1) is 0 Å². The first-order valence-corrected chi connectivity index (χ1v) is 8.33. The maximum absolute atomic E-state index is 3.64.